The Hall–Kier alpha value is -2.73. The summed E-state index contributed by atoms with van der Waals surface area (Å²) in [5.74, 6) is 1.74. The number of halogens is 1. The molecule has 198 valence electrons. The number of carbonyl (C=O) groups is 2. The van der Waals surface area contributed by atoms with Crippen molar-refractivity contribution in [3.63, 3.8) is 0 Å². The predicted octanol–water partition coefficient (Wildman–Crippen LogP) is 5.88. The smallest absolute Gasteiger partial charge is 0.163 e. The number of methoxy groups -OCH3 is 1. The first-order valence-electron chi connectivity index (χ1n) is 12.9. The number of Topliss-reactive ketones (excluding diaryl/α,β-unsaturated/α-hetero) is 2. The molecule has 2 fully saturated rings. The van der Waals surface area contributed by atoms with Crippen molar-refractivity contribution in [1.29, 1.82) is 0 Å². The first kappa shape index (κ1) is 28.8. The zero-order chi connectivity index (χ0) is 26.9. The molecule has 2 aromatic carbocycles. The molecular weight excluding hydrogens is 484 g/mol. The van der Waals surface area contributed by atoms with Crippen LogP contribution in [0.1, 0.15) is 36.8 Å². The van der Waals surface area contributed by atoms with Gasteiger partial charge in [0.25, 0.3) is 0 Å². The highest BCUT2D eigenvalue weighted by Crippen LogP contribution is 2.31. The fraction of sp³-hybridized carbons (Fsp3) is 0.419. The van der Waals surface area contributed by atoms with E-state index in [1.165, 1.54) is 0 Å². The normalized spacial score (nSPS) is 21.7. The topological polar surface area (TPSA) is 49.9 Å². The number of ketones is 2. The number of ether oxygens (including phenoxy) is 1. The minimum atomic E-state index is 0.147. The third kappa shape index (κ3) is 8.39. The van der Waals surface area contributed by atoms with E-state index in [0.717, 1.165) is 66.8 Å². The second-order valence-electron chi connectivity index (χ2n) is 10.4. The summed E-state index contributed by atoms with van der Waals surface area (Å²) in [4.78, 5) is 28.6. The lowest BCUT2D eigenvalue weighted by atomic mass is 10.0. The summed E-state index contributed by atoms with van der Waals surface area (Å²) in [5.41, 5.74) is 3.87. The van der Waals surface area contributed by atoms with E-state index in [0.29, 0.717) is 10.8 Å². The molecule has 2 aliphatic carbocycles. The number of allylic oxidation sites excluding steroid dienone is 2. The molecule has 2 aromatic rings. The number of nitrogens with zero attached hydrogens (tertiary/aromatic N) is 2. The highest BCUT2D eigenvalue weighted by atomic mass is 35.5. The molecule has 0 bridgehead atoms. The maximum atomic E-state index is 12.2. The number of benzene rings is 2. The van der Waals surface area contributed by atoms with Gasteiger partial charge in [-0.2, -0.15) is 0 Å². The van der Waals surface area contributed by atoms with E-state index in [-0.39, 0.29) is 17.6 Å². The van der Waals surface area contributed by atoms with E-state index in [4.69, 9.17) is 16.3 Å². The Morgan fingerprint density at radius 2 is 1.32 bits per heavy atom. The second-order valence-corrected chi connectivity index (χ2v) is 10.8. The fourth-order valence-corrected chi connectivity index (χ4v) is 5.08. The molecule has 2 unspecified atom stereocenters. The van der Waals surface area contributed by atoms with Crippen molar-refractivity contribution in [2.24, 2.45) is 11.8 Å². The SMILES string of the molecule is CN(C)CC1CCC(=Cc2ccccc2Cl)C1=O.COc1ccc(C=C2CCC(CN(C)C)C2=O)cc1. The minimum Gasteiger partial charge on any atom is -0.497 e. The van der Waals surface area contributed by atoms with E-state index >= 15 is 0 Å². The van der Waals surface area contributed by atoms with Crippen LogP contribution in [0, 0.1) is 11.8 Å². The van der Waals surface area contributed by atoms with E-state index in [9.17, 15) is 9.59 Å². The third-order valence-corrected chi connectivity index (χ3v) is 7.11. The lowest BCUT2D eigenvalue weighted by Gasteiger charge is -2.13. The summed E-state index contributed by atoms with van der Waals surface area (Å²) in [7, 11) is 9.68. The molecule has 0 radical (unpaired) electrons. The van der Waals surface area contributed by atoms with Crippen LogP contribution in [0.3, 0.4) is 0 Å². The van der Waals surface area contributed by atoms with Gasteiger partial charge in [0, 0.05) is 29.9 Å². The Bertz CT molecular complexity index is 1140. The van der Waals surface area contributed by atoms with Crippen LogP contribution in [0.5, 0.6) is 5.75 Å². The third-order valence-electron chi connectivity index (χ3n) is 6.76. The zero-order valence-corrected chi connectivity index (χ0v) is 23.4. The summed E-state index contributed by atoms with van der Waals surface area (Å²) in [5, 5.41) is 0.703. The van der Waals surface area contributed by atoms with Crippen LogP contribution in [0.2, 0.25) is 5.02 Å². The largest absolute Gasteiger partial charge is 0.497 e. The van der Waals surface area contributed by atoms with Gasteiger partial charge in [-0.05, 0) is 106 Å². The average molecular weight is 523 g/mol. The van der Waals surface area contributed by atoms with E-state index in [1.807, 2.05) is 88.9 Å². The number of hydrogen-bond acceptors (Lipinski definition) is 5. The summed E-state index contributed by atoms with van der Waals surface area (Å²) in [6, 6.07) is 15.4. The van der Waals surface area contributed by atoms with Gasteiger partial charge in [-0.15, -0.1) is 0 Å². The molecule has 2 aliphatic rings. The van der Waals surface area contributed by atoms with Crippen molar-refractivity contribution in [3.05, 3.63) is 75.8 Å². The predicted molar refractivity (Wildman–Crippen MR) is 153 cm³/mol. The van der Waals surface area contributed by atoms with Gasteiger partial charge in [-0.1, -0.05) is 41.9 Å². The molecular formula is C31H39ClN2O3. The molecule has 0 aromatic heterocycles. The Labute approximate surface area is 226 Å². The van der Waals surface area contributed by atoms with Gasteiger partial charge in [-0.3, -0.25) is 9.59 Å². The Balaban J connectivity index is 0.000000206. The van der Waals surface area contributed by atoms with Gasteiger partial charge >= 0.3 is 0 Å². The van der Waals surface area contributed by atoms with Crippen LogP contribution in [0.4, 0.5) is 0 Å². The molecule has 2 saturated carbocycles. The maximum Gasteiger partial charge on any atom is 0.163 e. The monoisotopic (exact) mass is 522 g/mol. The van der Waals surface area contributed by atoms with Crippen molar-refractivity contribution in [1.82, 2.24) is 9.80 Å². The molecule has 37 heavy (non-hydrogen) atoms. The van der Waals surface area contributed by atoms with Crippen molar-refractivity contribution in [2.75, 3.05) is 48.4 Å². The number of rotatable bonds is 7. The van der Waals surface area contributed by atoms with Gasteiger partial charge in [0.2, 0.25) is 0 Å². The molecule has 0 heterocycles. The van der Waals surface area contributed by atoms with E-state index in [1.54, 1.807) is 7.11 Å². The Morgan fingerprint density at radius 3 is 1.81 bits per heavy atom. The fourth-order valence-electron chi connectivity index (χ4n) is 4.89. The summed E-state index contributed by atoms with van der Waals surface area (Å²) in [6.07, 6.45) is 7.63. The lowest BCUT2D eigenvalue weighted by Crippen LogP contribution is -2.24. The van der Waals surface area contributed by atoms with Gasteiger partial charge in [0.15, 0.2) is 11.6 Å². The van der Waals surface area contributed by atoms with Gasteiger partial charge < -0.3 is 14.5 Å². The van der Waals surface area contributed by atoms with Crippen LogP contribution in [0.15, 0.2) is 59.7 Å². The molecule has 4 rings (SSSR count). The van der Waals surface area contributed by atoms with Crippen LogP contribution >= 0.6 is 11.6 Å². The van der Waals surface area contributed by atoms with Crippen LogP contribution in [-0.2, 0) is 9.59 Å². The molecule has 2 atom stereocenters. The first-order chi connectivity index (χ1) is 17.7. The second kappa shape index (κ2) is 13.7. The van der Waals surface area contributed by atoms with E-state index < -0.39 is 0 Å². The first-order valence-corrected chi connectivity index (χ1v) is 13.2. The number of hydrogen-bond donors (Lipinski definition) is 0. The summed E-state index contributed by atoms with van der Waals surface area (Å²) in [6.45, 7) is 1.68. The van der Waals surface area contributed by atoms with Crippen LogP contribution in [-0.4, -0.2) is 69.8 Å². The molecule has 6 heteroatoms. The van der Waals surface area contributed by atoms with E-state index in [2.05, 4.69) is 9.80 Å². The Morgan fingerprint density at radius 1 is 0.811 bits per heavy atom. The highest BCUT2D eigenvalue weighted by Gasteiger charge is 2.30. The average Bonchev–Trinajstić information content (AvgIpc) is 3.37. The lowest BCUT2D eigenvalue weighted by molar-refractivity contribution is -0.118. The molecule has 5 nitrogen and oxygen atoms in total. The molecule has 0 aliphatic heterocycles. The quantitative estimate of drug-likeness (QED) is 0.425. The molecule has 0 saturated heterocycles. The zero-order valence-electron chi connectivity index (χ0n) is 22.7. The standard InChI is InChI=1S/C16H21NO2.C15H18ClNO/c1-17(2)11-14-7-6-13(16(14)18)10-12-4-8-15(19-3)9-5-12;1-17(2)10-13-8-7-12(15(13)18)9-11-5-3-4-6-14(11)16/h4-5,8-10,14H,6-7,11H2,1-3H3;3-6,9,13H,7-8,10H2,1-2H3. The van der Waals surface area contributed by atoms with Crippen molar-refractivity contribution in [3.8, 4) is 5.75 Å². The van der Waals surface area contributed by atoms with Gasteiger partial charge in [0.1, 0.15) is 5.75 Å². The molecule has 0 N–H and O–H groups in total. The van der Waals surface area contributed by atoms with Crippen molar-refractivity contribution < 1.29 is 14.3 Å². The van der Waals surface area contributed by atoms with Crippen molar-refractivity contribution >= 4 is 35.3 Å². The molecule has 0 spiro atoms. The van der Waals surface area contributed by atoms with Crippen LogP contribution in [0.25, 0.3) is 12.2 Å². The summed E-state index contributed by atoms with van der Waals surface area (Å²) < 4.78 is 5.13. The number of carbonyl (C=O) groups excluding carboxylic acids is 2. The Kier molecular flexibility index (Phi) is 10.7. The minimum absolute atomic E-state index is 0.147. The van der Waals surface area contributed by atoms with Gasteiger partial charge in [-0.25, -0.2) is 0 Å². The molecule has 0 amide bonds. The van der Waals surface area contributed by atoms with Crippen molar-refractivity contribution in [2.45, 2.75) is 25.7 Å². The van der Waals surface area contributed by atoms with Crippen LogP contribution < -0.4 is 4.74 Å². The highest BCUT2D eigenvalue weighted by molar-refractivity contribution is 6.32. The maximum absolute atomic E-state index is 12.2. The summed E-state index contributed by atoms with van der Waals surface area (Å²) >= 11 is 6.11. The van der Waals surface area contributed by atoms with Gasteiger partial charge in [0.05, 0.1) is 7.11 Å².